The molecule has 0 unspecified atom stereocenters. The summed E-state index contributed by atoms with van der Waals surface area (Å²) in [5.41, 5.74) is 7.07. The van der Waals surface area contributed by atoms with E-state index in [0.29, 0.717) is 10.8 Å². The van der Waals surface area contributed by atoms with Gasteiger partial charge in [0.25, 0.3) is 0 Å². The van der Waals surface area contributed by atoms with Crippen LogP contribution in [0.15, 0.2) is 18.2 Å². The summed E-state index contributed by atoms with van der Waals surface area (Å²) in [4.78, 5) is 28.6. The van der Waals surface area contributed by atoms with Crippen LogP contribution in [0.5, 0.6) is 0 Å². The Morgan fingerprint density at radius 2 is 1.94 bits per heavy atom. The number of aromatic nitrogens is 1. The maximum absolute atomic E-state index is 11.6. The number of fused-ring (bicyclic) bond motifs is 1. The smallest absolute Gasteiger partial charge is 0.236 e. The fourth-order valence-electron chi connectivity index (χ4n) is 1.81. The zero-order valence-electron chi connectivity index (χ0n) is 8.84. The van der Waals surface area contributed by atoms with E-state index in [4.69, 9.17) is 5.73 Å². The van der Waals surface area contributed by atoms with Crippen LogP contribution in [0.3, 0.4) is 0 Å². The van der Waals surface area contributed by atoms with Gasteiger partial charge in [-0.2, -0.15) is 0 Å². The molecular formula is C11H9N3O2S. The molecule has 1 aliphatic heterocycles. The second-order valence-electron chi connectivity index (χ2n) is 3.85. The van der Waals surface area contributed by atoms with Crippen molar-refractivity contribution in [2.45, 2.75) is 12.8 Å². The molecule has 17 heavy (non-hydrogen) atoms. The molecule has 1 saturated heterocycles. The predicted octanol–water partition coefficient (Wildman–Crippen LogP) is 1.53. The van der Waals surface area contributed by atoms with Crippen LogP contribution in [0.1, 0.15) is 12.8 Å². The van der Waals surface area contributed by atoms with E-state index >= 15 is 0 Å². The molecule has 0 radical (unpaired) electrons. The van der Waals surface area contributed by atoms with Gasteiger partial charge in [0.05, 0.1) is 10.2 Å². The molecule has 0 saturated carbocycles. The Bertz CT molecular complexity index is 619. The lowest BCUT2D eigenvalue weighted by Crippen LogP contribution is -2.28. The molecular weight excluding hydrogens is 238 g/mol. The molecule has 3 rings (SSSR count). The summed E-state index contributed by atoms with van der Waals surface area (Å²) in [7, 11) is 0. The first-order chi connectivity index (χ1) is 8.15. The van der Waals surface area contributed by atoms with Gasteiger partial charge in [-0.25, -0.2) is 9.88 Å². The molecule has 6 heteroatoms. The van der Waals surface area contributed by atoms with Crippen LogP contribution >= 0.6 is 11.3 Å². The van der Waals surface area contributed by atoms with Gasteiger partial charge in [0.1, 0.15) is 0 Å². The van der Waals surface area contributed by atoms with Crippen molar-refractivity contribution < 1.29 is 9.59 Å². The summed E-state index contributed by atoms with van der Waals surface area (Å²) < 4.78 is 0.882. The van der Waals surface area contributed by atoms with Crippen molar-refractivity contribution in [1.82, 2.24) is 4.98 Å². The van der Waals surface area contributed by atoms with Crippen LogP contribution in [0.4, 0.5) is 10.8 Å². The van der Waals surface area contributed by atoms with Gasteiger partial charge in [-0.3, -0.25) is 9.59 Å². The maximum atomic E-state index is 11.6. The minimum Gasteiger partial charge on any atom is -0.399 e. The Balaban J connectivity index is 2.12. The zero-order valence-corrected chi connectivity index (χ0v) is 9.66. The molecule has 0 atom stereocenters. The average molecular weight is 247 g/mol. The average Bonchev–Trinajstić information content (AvgIpc) is 2.81. The molecule has 0 aliphatic carbocycles. The number of nitrogens with zero attached hydrogens (tertiary/aromatic N) is 2. The summed E-state index contributed by atoms with van der Waals surface area (Å²) >= 11 is 1.31. The van der Waals surface area contributed by atoms with E-state index in [1.54, 1.807) is 18.2 Å². The van der Waals surface area contributed by atoms with Crippen LogP contribution in [0.25, 0.3) is 10.2 Å². The topological polar surface area (TPSA) is 76.3 Å². The Labute approximate surface area is 101 Å². The van der Waals surface area contributed by atoms with E-state index in [1.165, 1.54) is 16.2 Å². The lowest BCUT2D eigenvalue weighted by molar-refractivity contribution is -0.121. The molecule has 1 aromatic heterocycles. The Morgan fingerprint density at radius 3 is 2.65 bits per heavy atom. The highest BCUT2D eigenvalue weighted by atomic mass is 32.1. The zero-order chi connectivity index (χ0) is 12.0. The van der Waals surface area contributed by atoms with E-state index in [9.17, 15) is 9.59 Å². The number of rotatable bonds is 1. The number of imide groups is 1. The van der Waals surface area contributed by atoms with Gasteiger partial charge in [0.15, 0.2) is 5.13 Å². The first-order valence-corrected chi connectivity index (χ1v) is 5.98. The minimum absolute atomic E-state index is 0.179. The molecule has 0 bridgehead atoms. The molecule has 2 amide bonds. The fourth-order valence-corrected chi connectivity index (χ4v) is 2.86. The number of amides is 2. The quantitative estimate of drug-likeness (QED) is 0.612. The normalized spacial score (nSPS) is 16.1. The predicted molar refractivity (Wildman–Crippen MR) is 65.8 cm³/mol. The number of nitrogen functional groups attached to an aromatic ring is 1. The van der Waals surface area contributed by atoms with E-state index < -0.39 is 0 Å². The molecule has 2 N–H and O–H groups in total. The first-order valence-electron chi connectivity index (χ1n) is 5.17. The van der Waals surface area contributed by atoms with Crippen molar-refractivity contribution in [3.05, 3.63) is 18.2 Å². The van der Waals surface area contributed by atoms with E-state index in [2.05, 4.69) is 4.98 Å². The van der Waals surface area contributed by atoms with Crippen molar-refractivity contribution in [3.8, 4) is 0 Å². The summed E-state index contributed by atoms with van der Waals surface area (Å²) in [6.07, 6.45) is 0.549. The van der Waals surface area contributed by atoms with Gasteiger partial charge in [-0.15, -0.1) is 0 Å². The largest absolute Gasteiger partial charge is 0.399 e. The first kappa shape index (κ1) is 10.2. The lowest BCUT2D eigenvalue weighted by Gasteiger charge is -2.07. The highest BCUT2D eigenvalue weighted by Crippen LogP contribution is 2.32. The lowest BCUT2D eigenvalue weighted by atomic mass is 10.3. The highest BCUT2D eigenvalue weighted by Gasteiger charge is 2.32. The summed E-state index contributed by atoms with van der Waals surface area (Å²) in [5, 5.41) is 0.443. The Morgan fingerprint density at radius 1 is 1.24 bits per heavy atom. The van der Waals surface area contributed by atoms with Crippen LogP contribution in [0.2, 0.25) is 0 Å². The minimum atomic E-state index is -0.179. The van der Waals surface area contributed by atoms with Crippen LogP contribution < -0.4 is 10.6 Å². The van der Waals surface area contributed by atoms with E-state index in [-0.39, 0.29) is 24.7 Å². The van der Waals surface area contributed by atoms with Gasteiger partial charge in [0.2, 0.25) is 11.8 Å². The Hall–Kier alpha value is -1.95. The molecule has 1 aromatic carbocycles. The Kier molecular flexibility index (Phi) is 2.12. The number of carbonyl (C=O) groups excluding carboxylic acids is 2. The number of nitrogens with two attached hydrogens (primary N) is 1. The number of benzene rings is 1. The number of thiazole rings is 1. The third-order valence-electron chi connectivity index (χ3n) is 2.64. The molecule has 5 nitrogen and oxygen atoms in total. The van der Waals surface area contributed by atoms with E-state index in [1.807, 2.05) is 0 Å². The second kappa shape index (κ2) is 3.53. The fraction of sp³-hybridized carbons (Fsp3) is 0.182. The van der Waals surface area contributed by atoms with Crippen LogP contribution in [0, 0.1) is 0 Å². The van der Waals surface area contributed by atoms with Gasteiger partial charge in [-0.05, 0) is 18.2 Å². The summed E-state index contributed by atoms with van der Waals surface area (Å²) in [6.45, 7) is 0. The number of hydrogen-bond acceptors (Lipinski definition) is 5. The molecule has 1 fully saturated rings. The summed E-state index contributed by atoms with van der Waals surface area (Å²) in [5.74, 6) is -0.357. The molecule has 0 spiro atoms. The third-order valence-corrected chi connectivity index (χ3v) is 3.65. The monoisotopic (exact) mass is 247 g/mol. The SMILES string of the molecule is Nc1ccc2nc(N3C(=O)CCC3=O)sc2c1. The van der Waals surface area contributed by atoms with Gasteiger partial charge in [0, 0.05) is 18.5 Å². The van der Waals surface area contributed by atoms with Gasteiger partial charge in [-0.1, -0.05) is 11.3 Å². The van der Waals surface area contributed by atoms with Crippen LogP contribution in [-0.2, 0) is 9.59 Å². The molecule has 1 aliphatic rings. The molecule has 2 aromatic rings. The number of hydrogen-bond donors (Lipinski definition) is 1. The van der Waals surface area contributed by atoms with Crippen molar-refractivity contribution in [3.63, 3.8) is 0 Å². The van der Waals surface area contributed by atoms with Crippen molar-refractivity contribution >= 4 is 44.2 Å². The third kappa shape index (κ3) is 1.57. The van der Waals surface area contributed by atoms with Crippen LogP contribution in [-0.4, -0.2) is 16.8 Å². The van der Waals surface area contributed by atoms with Gasteiger partial charge < -0.3 is 5.73 Å². The van der Waals surface area contributed by atoms with Crippen molar-refractivity contribution in [2.24, 2.45) is 0 Å². The molecule has 2 heterocycles. The molecule has 86 valence electrons. The van der Waals surface area contributed by atoms with Gasteiger partial charge >= 0.3 is 0 Å². The standard InChI is InChI=1S/C11H9N3O2S/c12-6-1-2-7-8(5-6)17-11(13-7)14-9(15)3-4-10(14)16/h1-2,5H,3-4,12H2. The van der Waals surface area contributed by atoms with Crippen molar-refractivity contribution in [2.75, 3.05) is 10.6 Å². The highest BCUT2D eigenvalue weighted by molar-refractivity contribution is 7.22. The van der Waals surface area contributed by atoms with E-state index in [0.717, 1.165) is 10.2 Å². The van der Waals surface area contributed by atoms with Crippen molar-refractivity contribution in [1.29, 1.82) is 0 Å². The number of anilines is 2. The number of carbonyl (C=O) groups is 2. The summed E-state index contributed by atoms with van der Waals surface area (Å²) in [6, 6.07) is 5.33. The second-order valence-corrected chi connectivity index (χ2v) is 4.86. The maximum Gasteiger partial charge on any atom is 0.236 e.